The number of nitrogens with one attached hydrogen (secondary N) is 1. The molecule has 1 aromatic rings. The maximum absolute atomic E-state index is 12.8. The van der Waals surface area contributed by atoms with Crippen LogP contribution in [-0.4, -0.2) is 42.5 Å². The molecule has 2 heterocycles. The molecule has 4 rings (SSSR count). The van der Waals surface area contributed by atoms with Gasteiger partial charge in [0.1, 0.15) is 5.75 Å². The van der Waals surface area contributed by atoms with Gasteiger partial charge in [-0.1, -0.05) is 37.5 Å². The van der Waals surface area contributed by atoms with E-state index in [1.165, 1.54) is 31.2 Å². The predicted octanol–water partition coefficient (Wildman–Crippen LogP) is 4.49. The van der Waals surface area contributed by atoms with Crippen LogP contribution >= 0.6 is 0 Å². The quantitative estimate of drug-likeness (QED) is 0.758. The average Bonchev–Trinajstić information content (AvgIpc) is 3.29. The first kappa shape index (κ1) is 22.2. The number of ether oxygens (including phenoxy) is 1. The van der Waals surface area contributed by atoms with E-state index in [1.54, 1.807) is 0 Å². The van der Waals surface area contributed by atoms with E-state index < -0.39 is 6.10 Å². The molecule has 1 spiro atoms. The first-order valence-corrected chi connectivity index (χ1v) is 12.3. The van der Waals surface area contributed by atoms with Crippen LogP contribution in [0.1, 0.15) is 76.7 Å². The summed E-state index contributed by atoms with van der Waals surface area (Å²) in [6.07, 6.45) is 11.5. The third-order valence-corrected chi connectivity index (χ3v) is 7.80. The molecule has 31 heavy (non-hydrogen) atoms. The van der Waals surface area contributed by atoms with E-state index >= 15 is 0 Å². The zero-order valence-corrected chi connectivity index (χ0v) is 19.0. The number of nitrogens with zero attached hydrogens (tertiary/aromatic N) is 1. The van der Waals surface area contributed by atoms with Gasteiger partial charge in [-0.3, -0.25) is 9.59 Å². The lowest BCUT2D eigenvalue weighted by molar-refractivity contribution is -0.135. The largest absolute Gasteiger partial charge is 0.481 e. The molecule has 0 unspecified atom stereocenters. The molecule has 1 saturated heterocycles. The highest BCUT2D eigenvalue weighted by Crippen LogP contribution is 2.38. The first-order valence-electron chi connectivity index (χ1n) is 12.3. The Morgan fingerprint density at radius 3 is 2.61 bits per heavy atom. The molecule has 3 aliphatic rings. The number of aryl methyl sites for hydroxylation is 1. The van der Waals surface area contributed by atoms with Gasteiger partial charge < -0.3 is 15.0 Å². The fourth-order valence-corrected chi connectivity index (χ4v) is 5.64. The van der Waals surface area contributed by atoms with Crippen molar-refractivity contribution in [1.82, 2.24) is 10.2 Å². The summed E-state index contributed by atoms with van der Waals surface area (Å²) >= 11 is 0. The van der Waals surface area contributed by atoms with Crippen LogP contribution in [-0.2, 0) is 16.0 Å². The normalized spacial score (nSPS) is 25.1. The second-order valence-corrected chi connectivity index (χ2v) is 10.0. The van der Waals surface area contributed by atoms with Gasteiger partial charge in [0.2, 0.25) is 5.91 Å². The number of likely N-dealkylation sites (tertiary alicyclic amines) is 1. The van der Waals surface area contributed by atoms with E-state index in [4.69, 9.17) is 4.74 Å². The average molecular weight is 427 g/mol. The molecule has 1 aromatic carbocycles. The van der Waals surface area contributed by atoms with Crippen LogP contribution in [0.4, 0.5) is 0 Å². The minimum atomic E-state index is -0.509. The minimum absolute atomic E-state index is 0.0468. The second-order valence-electron chi connectivity index (χ2n) is 10.0. The zero-order chi connectivity index (χ0) is 21.7. The Morgan fingerprint density at radius 1 is 1.10 bits per heavy atom. The van der Waals surface area contributed by atoms with Gasteiger partial charge in [-0.25, -0.2) is 0 Å². The van der Waals surface area contributed by atoms with Gasteiger partial charge in [0.05, 0.1) is 0 Å². The SMILES string of the molecule is C[C@H]1Oc2ccccc2CCCCC2(CCN(C(=O)CC3CCCC3)CC2)CNC1=O. The van der Waals surface area contributed by atoms with Crippen molar-refractivity contribution < 1.29 is 14.3 Å². The lowest BCUT2D eigenvalue weighted by Crippen LogP contribution is -2.49. The monoisotopic (exact) mass is 426 g/mol. The van der Waals surface area contributed by atoms with Crippen LogP contribution < -0.4 is 10.1 Å². The van der Waals surface area contributed by atoms with Crippen LogP contribution in [0.15, 0.2) is 24.3 Å². The minimum Gasteiger partial charge on any atom is -0.481 e. The highest BCUT2D eigenvalue weighted by atomic mass is 16.5. The van der Waals surface area contributed by atoms with Crippen molar-refractivity contribution in [3.8, 4) is 5.75 Å². The molecule has 1 atom stereocenters. The molecule has 0 bridgehead atoms. The van der Waals surface area contributed by atoms with Crippen LogP contribution in [0.25, 0.3) is 0 Å². The van der Waals surface area contributed by atoms with Crippen molar-refractivity contribution >= 4 is 11.8 Å². The Hall–Kier alpha value is -2.04. The summed E-state index contributed by atoms with van der Waals surface area (Å²) in [5.74, 6) is 1.73. The van der Waals surface area contributed by atoms with Gasteiger partial charge in [-0.05, 0) is 74.8 Å². The Balaban J connectivity index is 1.37. The Bertz CT molecular complexity index is 764. The Morgan fingerprint density at radius 2 is 1.84 bits per heavy atom. The van der Waals surface area contributed by atoms with E-state index in [9.17, 15) is 9.59 Å². The highest BCUT2D eigenvalue weighted by Gasteiger charge is 2.37. The first-order chi connectivity index (χ1) is 15.0. The summed E-state index contributed by atoms with van der Waals surface area (Å²) < 4.78 is 6.00. The van der Waals surface area contributed by atoms with Gasteiger partial charge in [-0.15, -0.1) is 0 Å². The number of amides is 2. The van der Waals surface area contributed by atoms with Crippen molar-refractivity contribution in [2.45, 2.75) is 83.7 Å². The van der Waals surface area contributed by atoms with Crippen LogP contribution in [0, 0.1) is 11.3 Å². The van der Waals surface area contributed by atoms with E-state index in [0.29, 0.717) is 18.4 Å². The maximum atomic E-state index is 12.8. The fraction of sp³-hybridized carbons (Fsp3) is 0.692. The van der Waals surface area contributed by atoms with Gasteiger partial charge in [-0.2, -0.15) is 0 Å². The maximum Gasteiger partial charge on any atom is 0.260 e. The van der Waals surface area contributed by atoms with Crippen LogP contribution in [0.5, 0.6) is 5.75 Å². The molecule has 0 radical (unpaired) electrons. The number of carbonyl (C=O) groups excluding carboxylic acids is 2. The molecule has 5 nitrogen and oxygen atoms in total. The van der Waals surface area contributed by atoms with Crippen LogP contribution in [0.2, 0.25) is 0 Å². The molecule has 2 fully saturated rings. The number of carbonyl (C=O) groups is 2. The molecule has 1 N–H and O–H groups in total. The van der Waals surface area contributed by atoms with Gasteiger partial charge in [0.25, 0.3) is 5.91 Å². The number of benzene rings is 1. The number of piperidine rings is 1. The predicted molar refractivity (Wildman–Crippen MR) is 122 cm³/mol. The van der Waals surface area contributed by atoms with E-state index in [0.717, 1.165) is 63.8 Å². The van der Waals surface area contributed by atoms with Crippen molar-refractivity contribution in [2.75, 3.05) is 19.6 Å². The standard InChI is InChI=1S/C26H38N2O3/c1-20-25(30)27-19-26(13-7-6-11-22-10-4-5-12-23(22)31-20)14-16-28(17-15-26)24(29)18-21-8-2-3-9-21/h4-5,10,12,20-21H,2-3,6-9,11,13-19H2,1H3,(H,27,30)/t20-/m1/s1. The van der Waals surface area contributed by atoms with E-state index in [1.807, 2.05) is 25.1 Å². The number of para-hydroxylation sites is 1. The van der Waals surface area contributed by atoms with Crippen LogP contribution in [0.3, 0.4) is 0 Å². The summed E-state index contributed by atoms with van der Waals surface area (Å²) in [6, 6.07) is 8.07. The summed E-state index contributed by atoms with van der Waals surface area (Å²) in [6.45, 7) is 4.17. The molecule has 170 valence electrons. The number of hydrogen-bond donors (Lipinski definition) is 1. The van der Waals surface area contributed by atoms with E-state index in [2.05, 4.69) is 16.3 Å². The number of hydrogen-bond acceptors (Lipinski definition) is 3. The number of fused-ring (bicyclic) bond motifs is 1. The lowest BCUT2D eigenvalue weighted by Gasteiger charge is -2.42. The van der Waals surface area contributed by atoms with Crippen molar-refractivity contribution in [3.05, 3.63) is 29.8 Å². The molecule has 2 amide bonds. The topological polar surface area (TPSA) is 58.6 Å². The molecule has 2 aliphatic heterocycles. The third kappa shape index (κ3) is 5.61. The van der Waals surface area contributed by atoms with Gasteiger partial charge >= 0.3 is 0 Å². The molecular formula is C26H38N2O3. The highest BCUT2D eigenvalue weighted by molar-refractivity contribution is 5.80. The van der Waals surface area contributed by atoms with Gasteiger partial charge in [0, 0.05) is 26.1 Å². The molecule has 5 heteroatoms. The molecule has 0 aromatic heterocycles. The van der Waals surface area contributed by atoms with Crippen molar-refractivity contribution in [1.29, 1.82) is 0 Å². The summed E-state index contributed by atoms with van der Waals surface area (Å²) in [5.41, 5.74) is 1.28. The lowest BCUT2D eigenvalue weighted by atomic mass is 9.74. The summed E-state index contributed by atoms with van der Waals surface area (Å²) in [5, 5.41) is 3.18. The Kier molecular flexibility index (Phi) is 7.19. The third-order valence-electron chi connectivity index (χ3n) is 7.80. The number of rotatable bonds is 2. The molecule has 1 saturated carbocycles. The second kappa shape index (κ2) is 10.1. The Labute approximate surface area is 186 Å². The zero-order valence-electron chi connectivity index (χ0n) is 19.0. The van der Waals surface area contributed by atoms with Crippen molar-refractivity contribution in [2.24, 2.45) is 11.3 Å². The fourth-order valence-electron chi connectivity index (χ4n) is 5.64. The van der Waals surface area contributed by atoms with E-state index in [-0.39, 0.29) is 11.3 Å². The summed E-state index contributed by atoms with van der Waals surface area (Å²) in [7, 11) is 0. The molecule has 1 aliphatic carbocycles. The smallest absolute Gasteiger partial charge is 0.260 e. The summed E-state index contributed by atoms with van der Waals surface area (Å²) in [4.78, 5) is 27.6. The van der Waals surface area contributed by atoms with Crippen molar-refractivity contribution in [3.63, 3.8) is 0 Å². The molecular weight excluding hydrogens is 388 g/mol. The van der Waals surface area contributed by atoms with Gasteiger partial charge in [0.15, 0.2) is 6.10 Å².